The summed E-state index contributed by atoms with van der Waals surface area (Å²) in [6.07, 6.45) is 6.34. The highest BCUT2D eigenvalue weighted by Crippen LogP contribution is 2.36. The van der Waals surface area contributed by atoms with E-state index in [9.17, 15) is 0 Å². The van der Waals surface area contributed by atoms with Gasteiger partial charge in [0.25, 0.3) is 0 Å². The van der Waals surface area contributed by atoms with Crippen LogP contribution in [0.25, 0.3) is 6.08 Å². The molecule has 0 saturated heterocycles. The van der Waals surface area contributed by atoms with Crippen LogP contribution in [0.15, 0.2) is 72.8 Å². The molecule has 3 aromatic carbocycles. The number of methoxy groups -OCH3 is 1. The normalized spacial score (nSPS) is 17.2. The third kappa shape index (κ3) is 4.68. The Morgan fingerprint density at radius 3 is 2.47 bits per heavy atom. The first-order valence-electron chi connectivity index (χ1n) is 10.5. The maximum absolute atomic E-state index is 6.44. The van der Waals surface area contributed by atoms with Gasteiger partial charge in [-0.1, -0.05) is 48.5 Å². The molecule has 1 aliphatic rings. The monoisotopic (exact) mass is 399 g/mol. The highest BCUT2D eigenvalue weighted by molar-refractivity contribution is 5.69. The van der Waals surface area contributed by atoms with E-state index in [1.54, 1.807) is 7.11 Å². The van der Waals surface area contributed by atoms with Crippen molar-refractivity contribution in [2.75, 3.05) is 12.4 Å². The van der Waals surface area contributed by atoms with Crippen LogP contribution in [0.3, 0.4) is 0 Å². The standard InChI is InChI=1S/C27H29NO2/c1-20-17-26-23(18-25(20)28-19-22-9-11-24(29-3)12-10-22)14-16-27(2,30-26)15-13-21-7-5-4-6-8-21/h4-12,14,16-18,28H,13,15,19H2,1-3H3. The van der Waals surface area contributed by atoms with Gasteiger partial charge in [0.1, 0.15) is 17.1 Å². The minimum atomic E-state index is -0.284. The molecular formula is C27H29NO2. The molecule has 0 fully saturated rings. The zero-order valence-electron chi connectivity index (χ0n) is 17.9. The first-order chi connectivity index (χ1) is 14.5. The topological polar surface area (TPSA) is 30.5 Å². The zero-order chi connectivity index (χ0) is 21.0. The number of nitrogens with one attached hydrogen (secondary N) is 1. The molecule has 3 nitrogen and oxygen atoms in total. The van der Waals surface area contributed by atoms with Crippen LogP contribution < -0.4 is 14.8 Å². The van der Waals surface area contributed by atoms with Crippen molar-refractivity contribution in [3.63, 3.8) is 0 Å². The van der Waals surface area contributed by atoms with Gasteiger partial charge in [0.2, 0.25) is 0 Å². The molecule has 3 aromatic rings. The second-order valence-electron chi connectivity index (χ2n) is 8.14. The molecule has 30 heavy (non-hydrogen) atoms. The summed E-state index contributed by atoms with van der Waals surface area (Å²) in [5, 5.41) is 3.55. The number of rotatable bonds is 7. The molecule has 0 aliphatic carbocycles. The van der Waals surface area contributed by atoms with Gasteiger partial charge in [0, 0.05) is 17.8 Å². The summed E-state index contributed by atoms with van der Waals surface area (Å²) in [5.74, 6) is 1.84. The second kappa shape index (κ2) is 8.66. The van der Waals surface area contributed by atoms with Crippen molar-refractivity contribution in [2.24, 2.45) is 0 Å². The molecule has 0 radical (unpaired) electrons. The third-order valence-electron chi connectivity index (χ3n) is 5.71. The molecule has 1 aliphatic heterocycles. The van der Waals surface area contributed by atoms with Crippen molar-refractivity contribution in [1.29, 1.82) is 0 Å². The molecule has 4 rings (SSSR count). The van der Waals surface area contributed by atoms with Crippen LogP contribution in [0.5, 0.6) is 11.5 Å². The van der Waals surface area contributed by atoms with Crippen molar-refractivity contribution in [1.82, 2.24) is 0 Å². The van der Waals surface area contributed by atoms with Gasteiger partial charge < -0.3 is 14.8 Å². The van der Waals surface area contributed by atoms with Crippen LogP contribution in [0.2, 0.25) is 0 Å². The number of hydrogen-bond acceptors (Lipinski definition) is 3. The molecule has 1 N–H and O–H groups in total. The fourth-order valence-corrected chi connectivity index (χ4v) is 3.77. The first kappa shape index (κ1) is 20.1. The number of anilines is 1. The highest BCUT2D eigenvalue weighted by atomic mass is 16.5. The molecule has 3 heteroatoms. The summed E-state index contributed by atoms with van der Waals surface area (Å²) >= 11 is 0. The predicted molar refractivity (Wildman–Crippen MR) is 124 cm³/mol. The van der Waals surface area contributed by atoms with Crippen LogP contribution in [0.4, 0.5) is 5.69 Å². The van der Waals surface area contributed by atoms with Gasteiger partial charge in [-0.25, -0.2) is 0 Å². The lowest BCUT2D eigenvalue weighted by Crippen LogP contribution is -2.32. The average Bonchev–Trinajstić information content (AvgIpc) is 2.77. The van der Waals surface area contributed by atoms with E-state index in [-0.39, 0.29) is 5.60 Å². The number of fused-ring (bicyclic) bond motifs is 1. The van der Waals surface area contributed by atoms with E-state index in [0.29, 0.717) is 0 Å². The molecule has 0 spiro atoms. The minimum absolute atomic E-state index is 0.284. The van der Waals surface area contributed by atoms with Crippen molar-refractivity contribution >= 4 is 11.8 Å². The molecule has 0 saturated carbocycles. The van der Waals surface area contributed by atoms with Crippen molar-refractivity contribution in [2.45, 2.75) is 38.8 Å². The second-order valence-corrected chi connectivity index (χ2v) is 8.14. The number of benzene rings is 3. The molecule has 0 amide bonds. The molecule has 0 aromatic heterocycles. The zero-order valence-corrected chi connectivity index (χ0v) is 17.9. The lowest BCUT2D eigenvalue weighted by atomic mass is 9.92. The Balaban J connectivity index is 1.43. The third-order valence-corrected chi connectivity index (χ3v) is 5.71. The minimum Gasteiger partial charge on any atom is -0.497 e. The Morgan fingerprint density at radius 2 is 1.73 bits per heavy atom. The number of aryl methyl sites for hydroxylation is 2. The smallest absolute Gasteiger partial charge is 0.128 e. The maximum Gasteiger partial charge on any atom is 0.128 e. The van der Waals surface area contributed by atoms with Gasteiger partial charge in [-0.05, 0) is 73.7 Å². The summed E-state index contributed by atoms with van der Waals surface area (Å²) < 4.78 is 11.7. The molecule has 1 heterocycles. The molecule has 1 unspecified atom stereocenters. The first-order valence-corrected chi connectivity index (χ1v) is 10.5. The molecule has 0 bridgehead atoms. The summed E-state index contributed by atoms with van der Waals surface area (Å²) in [4.78, 5) is 0. The van der Waals surface area contributed by atoms with E-state index in [2.05, 4.69) is 85.9 Å². The summed E-state index contributed by atoms with van der Waals surface area (Å²) in [6.45, 7) is 5.06. The lowest BCUT2D eigenvalue weighted by molar-refractivity contribution is 0.128. The van der Waals surface area contributed by atoms with Crippen LogP contribution in [0.1, 0.15) is 35.6 Å². The summed E-state index contributed by atoms with van der Waals surface area (Å²) in [5.41, 5.74) is 5.71. The van der Waals surface area contributed by atoms with Crippen LogP contribution in [-0.2, 0) is 13.0 Å². The Labute approximate surface area is 179 Å². The largest absolute Gasteiger partial charge is 0.497 e. The van der Waals surface area contributed by atoms with Gasteiger partial charge in [-0.2, -0.15) is 0 Å². The van der Waals surface area contributed by atoms with Crippen molar-refractivity contribution in [3.8, 4) is 11.5 Å². The molecule has 154 valence electrons. The van der Waals surface area contributed by atoms with E-state index in [1.165, 1.54) is 16.7 Å². The molecular weight excluding hydrogens is 370 g/mol. The van der Waals surface area contributed by atoms with E-state index in [0.717, 1.165) is 42.1 Å². The highest BCUT2D eigenvalue weighted by Gasteiger charge is 2.27. The average molecular weight is 400 g/mol. The van der Waals surface area contributed by atoms with Crippen molar-refractivity contribution < 1.29 is 9.47 Å². The van der Waals surface area contributed by atoms with Crippen LogP contribution >= 0.6 is 0 Å². The van der Waals surface area contributed by atoms with E-state index < -0.39 is 0 Å². The number of hydrogen-bond donors (Lipinski definition) is 1. The van der Waals surface area contributed by atoms with E-state index in [4.69, 9.17) is 9.47 Å². The van der Waals surface area contributed by atoms with Gasteiger partial charge in [-0.15, -0.1) is 0 Å². The lowest BCUT2D eigenvalue weighted by Gasteiger charge is -2.32. The predicted octanol–water partition coefficient (Wildman–Crippen LogP) is 6.41. The number of ether oxygens (including phenoxy) is 2. The van der Waals surface area contributed by atoms with Gasteiger partial charge in [0.15, 0.2) is 0 Å². The Hall–Kier alpha value is -3.20. The fraction of sp³-hybridized carbons (Fsp3) is 0.259. The van der Waals surface area contributed by atoms with Gasteiger partial charge >= 0.3 is 0 Å². The SMILES string of the molecule is COc1ccc(CNc2cc3c(cc2C)OC(C)(CCc2ccccc2)C=C3)cc1. The fourth-order valence-electron chi connectivity index (χ4n) is 3.77. The van der Waals surface area contributed by atoms with Crippen LogP contribution in [-0.4, -0.2) is 12.7 Å². The van der Waals surface area contributed by atoms with E-state index in [1.807, 2.05) is 12.1 Å². The Morgan fingerprint density at radius 1 is 0.967 bits per heavy atom. The molecule has 1 atom stereocenters. The quantitative estimate of drug-likeness (QED) is 0.498. The summed E-state index contributed by atoms with van der Waals surface area (Å²) in [7, 11) is 1.69. The summed E-state index contributed by atoms with van der Waals surface area (Å²) in [6, 6.07) is 23.1. The Bertz CT molecular complexity index is 1020. The van der Waals surface area contributed by atoms with Gasteiger partial charge in [-0.3, -0.25) is 0 Å². The van der Waals surface area contributed by atoms with Crippen molar-refractivity contribution in [3.05, 3.63) is 95.1 Å². The van der Waals surface area contributed by atoms with Crippen LogP contribution in [0, 0.1) is 6.92 Å². The Kier molecular flexibility index (Phi) is 5.80. The maximum atomic E-state index is 6.44. The van der Waals surface area contributed by atoms with E-state index >= 15 is 0 Å². The van der Waals surface area contributed by atoms with Gasteiger partial charge in [0.05, 0.1) is 7.11 Å².